The molecular weight excluding hydrogens is 607 g/mol. The van der Waals surface area contributed by atoms with E-state index in [0.29, 0.717) is 23.0 Å². The van der Waals surface area contributed by atoms with Gasteiger partial charge in [0, 0.05) is 38.3 Å². The maximum atomic E-state index is 10.1. The summed E-state index contributed by atoms with van der Waals surface area (Å²) in [5.41, 5.74) is 3.86. The Morgan fingerprint density at radius 2 is 1.82 bits per heavy atom. The van der Waals surface area contributed by atoms with Crippen molar-refractivity contribution in [2.75, 3.05) is 0 Å². The largest absolute Gasteiger partial charge is 0.514 e. The van der Waals surface area contributed by atoms with E-state index in [0.717, 1.165) is 17.4 Å². The van der Waals surface area contributed by atoms with E-state index < -0.39 is 0 Å². The summed E-state index contributed by atoms with van der Waals surface area (Å²) in [5, 5.41) is 10.9. The summed E-state index contributed by atoms with van der Waals surface area (Å²) in [5.74, 6) is 1.61. The maximum Gasteiger partial charge on any atom is 0.217 e. The second-order valence-corrected chi connectivity index (χ2v) is 9.24. The fraction of sp³-hybridized carbons (Fsp3) is 0.214. The van der Waals surface area contributed by atoms with Gasteiger partial charge in [0.1, 0.15) is 29.3 Å². The Balaban J connectivity index is 0.00000241. The first-order valence-electron chi connectivity index (χ1n) is 11.1. The number of phenols is 1. The molecule has 0 saturated carbocycles. The minimum atomic E-state index is -0.00710. The van der Waals surface area contributed by atoms with Gasteiger partial charge in [0.05, 0.1) is 0 Å². The van der Waals surface area contributed by atoms with E-state index in [2.05, 4.69) is 49.2 Å². The average Bonchev–Trinajstić information content (AvgIpc) is 3.23. The number of hydrogen-bond acceptors (Lipinski definition) is 5. The summed E-state index contributed by atoms with van der Waals surface area (Å²) in [6, 6.07) is 26.4. The smallest absolute Gasteiger partial charge is 0.217 e. The molecule has 0 amide bonds. The van der Waals surface area contributed by atoms with Gasteiger partial charge < -0.3 is 14.6 Å². The summed E-state index contributed by atoms with van der Waals surface area (Å²) < 4.78 is 12.3. The van der Waals surface area contributed by atoms with E-state index in [1.165, 1.54) is 11.1 Å². The third-order valence-corrected chi connectivity index (χ3v) is 6.48. The zero-order valence-corrected chi connectivity index (χ0v) is 21.0. The normalized spacial score (nSPS) is 19.9. The van der Waals surface area contributed by atoms with Gasteiger partial charge in [0.2, 0.25) is 5.88 Å². The summed E-state index contributed by atoms with van der Waals surface area (Å²) in [7, 11) is 0. The summed E-state index contributed by atoms with van der Waals surface area (Å²) in [6.45, 7) is 4.52. The molecule has 0 radical (unpaired) electrons. The molecule has 2 atom stereocenters. The van der Waals surface area contributed by atoms with Crippen LogP contribution < -0.4 is 4.74 Å². The van der Waals surface area contributed by atoms with Crippen LogP contribution in [0.3, 0.4) is 0 Å². The van der Waals surface area contributed by atoms with Crippen LogP contribution in [0.15, 0.2) is 77.8 Å². The molecule has 6 rings (SSSR count). The van der Waals surface area contributed by atoms with Crippen molar-refractivity contribution in [3.8, 4) is 17.4 Å². The van der Waals surface area contributed by atoms with Crippen molar-refractivity contribution < 1.29 is 35.6 Å². The molecule has 3 aromatic carbocycles. The number of benzene rings is 3. The van der Waals surface area contributed by atoms with Crippen LogP contribution in [0, 0.1) is 6.07 Å². The minimum Gasteiger partial charge on any atom is -0.514 e. The van der Waals surface area contributed by atoms with Gasteiger partial charge in [-0.3, -0.25) is 4.99 Å². The standard InChI is InChI=1S/C28H23N2O3.Pt/c1-28(2)16-23-26(20-10-3-4-11-21(20)28)30-27(33-23)18-8-5-9-19(15-18)32-24-14-13-17-7-6-12-22(31)25(17)29-24;/h3-14,23,26,31H,16H2,1-2H3;/q-1;/t23-,26+;/m1./s1. The molecule has 1 aromatic heterocycles. The SMILES string of the molecule is CC1(C)C[C@H]2OC(c3[c-]c(Oc4ccc5cccc(O)c5n4)ccc3)=N[C@H]2c2ccccc21.[Pt]. The predicted octanol–water partition coefficient (Wildman–Crippen LogP) is 6.10. The fourth-order valence-electron chi connectivity index (χ4n) is 4.90. The Bertz CT molecular complexity index is 1420. The first-order chi connectivity index (χ1) is 16.0. The molecule has 174 valence electrons. The number of rotatable bonds is 3. The third-order valence-electron chi connectivity index (χ3n) is 6.48. The van der Waals surface area contributed by atoms with Gasteiger partial charge in [-0.2, -0.15) is 0 Å². The van der Waals surface area contributed by atoms with Crippen LogP contribution in [0.5, 0.6) is 17.4 Å². The fourth-order valence-corrected chi connectivity index (χ4v) is 4.90. The summed E-state index contributed by atoms with van der Waals surface area (Å²) in [4.78, 5) is 9.39. The van der Waals surface area contributed by atoms with Crippen molar-refractivity contribution in [2.24, 2.45) is 4.99 Å². The first-order valence-corrected chi connectivity index (χ1v) is 11.1. The van der Waals surface area contributed by atoms with Crippen LogP contribution in [0.25, 0.3) is 10.9 Å². The first kappa shape index (κ1) is 22.6. The van der Waals surface area contributed by atoms with Crippen LogP contribution in [0.2, 0.25) is 0 Å². The van der Waals surface area contributed by atoms with E-state index in [9.17, 15) is 5.11 Å². The van der Waals surface area contributed by atoms with E-state index >= 15 is 0 Å². The van der Waals surface area contributed by atoms with Crippen LogP contribution in [-0.4, -0.2) is 22.1 Å². The molecule has 6 heteroatoms. The topological polar surface area (TPSA) is 63.9 Å². The molecule has 0 spiro atoms. The summed E-state index contributed by atoms with van der Waals surface area (Å²) in [6.07, 6.45) is 0.913. The molecule has 1 N–H and O–H groups in total. The van der Waals surface area contributed by atoms with Crippen molar-refractivity contribution in [3.63, 3.8) is 0 Å². The number of nitrogens with zero attached hydrogens (tertiary/aromatic N) is 2. The Hall–Kier alpha value is -3.17. The van der Waals surface area contributed by atoms with E-state index in [1.54, 1.807) is 18.2 Å². The third kappa shape index (κ3) is 3.88. The molecule has 2 aliphatic rings. The Morgan fingerprint density at radius 3 is 2.71 bits per heavy atom. The Kier molecular flexibility index (Phi) is 5.69. The molecule has 1 aliphatic heterocycles. The Labute approximate surface area is 212 Å². The zero-order valence-electron chi connectivity index (χ0n) is 18.8. The van der Waals surface area contributed by atoms with Gasteiger partial charge >= 0.3 is 0 Å². The van der Waals surface area contributed by atoms with Gasteiger partial charge in [-0.1, -0.05) is 61.9 Å². The van der Waals surface area contributed by atoms with Crippen molar-refractivity contribution >= 4 is 16.8 Å². The number of fused-ring (bicyclic) bond motifs is 4. The van der Waals surface area contributed by atoms with Crippen LogP contribution in [-0.2, 0) is 31.2 Å². The van der Waals surface area contributed by atoms with Crippen LogP contribution in [0.1, 0.15) is 43.0 Å². The van der Waals surface area contributed by atoms with Gasteiger partial charge in [-0.15, -0.1) is 18.2 Å². The summed E-state index contributed by atoms with van der Waals surface area (Å²) >= 11 is 0. The number of aliphatic imine (C=N–C) groups is 1. The van der Waals surface area contributed by atoms with Crippen molar-refractivity contribution in [3.05, 3.63) is 95.6 Å². The number of aromatic hydroxyl groups is 1. The number of hydrogen-bond donors (Lipinski definition) is 1. The van der Waals surface area contributed by atoms with Gasteiger partial charge in [-0.25, -0.2) is 4.98 Å². The molecule has 2 heterocycles. The van der Waals surface area contributed by atoms with E-state index in [1.807, 2.05) is 30.3 Å². The molecule has 0 unspecified atom stereocenters. The van der Waals surface area contributed by atoms with Gasteiger partial charge in [0.25, 0.3) is 0 Å². The average molecular weight is 631 g/mol. The van der Waals surface area contributed by atoms with Gasteiger partial charge in [0.15, 0.2) is 0 Å². The molecule has 5 nitrogen and oxygen atoms in total. The molecule has 0 fully saturated rings. The zero-order chi connectivity index (χ0) is 22.6. The van der Waals surface area contributed by atoms with Crippen molar-refractivity contribution in [1.29, 1.82) is 0 Å². The number of ether oxygens (including phenoxy) is 2. The number of phenolic OH excluding ortho intramolecular Hbond substituents is 1. The quantitative estimate of drug-likeness (QED) is 0.278. The van der Waals surface area contributed by atoms with E-state index in [-0.39, 0.29) is 44.4 Å². The monoisotopic (exact) mass is 630 g/mol. The van der Waals surface area contributed by atoms with Crippen LogP contribution in [0.4, 0.5) is 0 Å². The molecule has 0 bridgehead atoms. The molecule has 1 aliphatic carbocycles. The molecule has 0 saturated heterocycles. The van der Waals surface area contributed by atoms with Crippen molar-refractivity contribution in [1.82, 2.24) is 4.98 Å². The second kappa shape index (κ2) is 8.56. The number of para-hydroxylation sites is 1. The predicted molar refractivity (Wildman–Crippen MR) is 127 cm³/mol. The van der Waals surface area contributed by atoms with E-state index in [4.69, 9.17) is 14.5 Å². The minimum absolute atomic E-state index is 0. The molecule has 34 heavy (non-hydrogen) atoms. The molecule has 4 aromatic rings. The number of pyridine rings is 1. The molecular formula is C28H23N2O3Pt-. The number of aromatic nitrogens is 1. The van der Waals surface area contributed by atoms with Crippen molar-refractivity contribution in [2.45, 2.75) is 37.8 Å². The Morgan fingerprint density at radius 1 is 1.00 bits per heavy atom. The second-order valence-electron chi connectivity index (χ2n) is 9.24. The van der Waals surface area contributed by atoms with Crippen LogP contribution >= 0.6 is 0 Å². The van der Waals surface area contributed by atoms with Gasteiger partial charge in [-0.05, 0) is 35.1 Å². The maximum absolute atomic E-state index is 10.1.